The van der Waals surface area contributed by atoms with E-state index in [0.717, 1.165) is 44.5 Å². The summed E-state index contributed by atoms with van der Waals surface area (Å²) in [6.45, 7) is 3.48. The van der Waals surface area contributed by atoms with Crippen LogP contribution in [0.1, 0.15) is 42.5 Å². The zero-order valence-electron chi connectivity index (χ0n) is 25.8. The molecule has 11 heteroatoms. The van der Waals surface area contributed by atoms with Gasteiger partial charge < -0.3 is 19.3 Å². The second-order valence-corrected chi connectivity index (χ2v) is 12.5. The number of halogens is 4. The maximum Gasteiger partial charge on any atom is 0.422 e. The summed E-state index contributed by atoms with van der Waals surface area (Å²) in [5.41, 5.74) is -0.493. The lowest BCUT2D eigenvalue weighted by molar-refractivity contribution is -0.138. The number of ether oxygens (including phenoxy) is 2. The minimum absolute atomic E-state index is 0.00934. The molecule has 0 bridgehead atoms. The highest BCUT2D eigenvalue weighted by Gasteiger charge is 2.45. The summed E-state index contributed by atoms with van der Waals surface area (Å²) in [5, 5.41) is 7.63. The van der Waals surface area contributed by atoms with Gasteiger partial charge in [-0.2, -0.15) is 23.4 Å². The number of benzene rings is 2. The van der Waals surface area contributed by atoms with E-state index in [1.165, 1.54) is 43.4 Å². The molecule has 4 heterocycles. The van der Waals surface area contributed by atoms with Gasteiger partial charge in [-0.15, -0.1) is 0 Å². The minimum atomic E-state index is -4.80. The number of rotatable bonds is 8. The highest BCUT2D eigenvalue weighted by atomic mass is 19.4. The Bertz CT molecular complexity index is 1720. The molecule has 1 aliphatic carbocycles. The second-order valence-electron chi connectivity index (χ2n) is 12.5. The van der Waals surface area contributed by atoms with Crippen molar-refractivity contribution >= 4 is 17.6 Å². The minimum Gasteiger partial charge on any atom is -0.457 e. The normalized spacial score (nSPS) is 18.8. The van der Waals surface area contributed by atoms with Crippen molar-refractivity contribution < 1.29 is 27.0 Å². The van der Waals surface area contributed by atoms with E-state index in [-0.39, 0.29) is 48.1 Å². The molecule has 47 heavy (non-hydrogen) atoms. The number of hydrogen-bond donors (Lipinski definition) is 0. The fourth-order valence-corrected chi connectivity index (χ4v) is 6.55. The van der Waals surface area contributed by atoms with E-state index in [4.69, 9.17) is 9.47 Å². The van der Waals surface area contributed by atoms with Crippen LogP contribution in [0.25, 0.3) is 23.2 Å². The van der Waals surface area contributed by atoms with E-state index in [1.54, 1.807) is 53.4 Å². The average Bonchev–Trinajstić information content (AvgIpc) is 3.91. The maximum atomic E-state index is 16.0. The Kier molecular flexibility index (Phi) is 8.67. The highest BCUT2D eigenvalue weighted by molar-refractivity contribution is 5.84. The van der Waals surface area contributed by atoms with Crippen LogP contribution in [0.3, 0.4) is 0 Å². The summed E-state index contributed by atoms with van der Waals surface area (Å²) in [5.74, 6) is -0.0838. The Labute approximate surface area is 270 Å². The van der Waals surface area contributed by atoms with Crippen molar-refractivity contribution in [3.8, 4) is 22.8 Å². The first-order chi connectivity index (χ1) is 22.8. The number of aromatic nitrogens is 3. The zero-order valence-corrected chi connectivity index (χ0v) is 25.8. The van der Waals surface area contributed by atoms with Gasteiger partial charge in [0.15, 0.2) is 0 Å². The Balaban J connectivity index is 1.28. The van der Waals surface area contributed by atoms with Gasteiger partial charge in [0.25, 0.3) is 0 Å². The highest BCUT2D eigenvalue weighted by Crippen LogP contribution is 2.48. The van der Waals surface area contributed by atoms with Crippen LogP contribution in [0.4, 0.5) is 23.2 Å². The molecule has 3 aliphatic rings. The number of para-hydroxylation sites is 1. The van der Waals surface area contributed by atoms with Gasteiger partial charge in [-0.1, -0.05) is 24.3 Å². The molecule has 4 aromatic rings. The molecule has 0 atom stereocenters. The van der Waals surface area contributed by atoms with Crippen LogP contribution in [0.15, 0.2) is 79.1 Å². The zero-order chi connectivity index (χ0) is 32.4. The van der Waals surface area contributed by atoms with Crippen molar-refractivity contribution in [2.45, 2.75) is 37.5 Å². The maximum absolute atomic E-state index is 16.0. The van der Waals surface area contributed by atoms with Gasteiger partial charge in [0.05, 0.1) is 41.7 Å². The first-order valence-corrected chi connectivity index (χ1v) is 16.0. The summed E-state index contributed by atoms with van der Waals surface area (Å²) in [6.07, 6.45) is 3.32. The SMILES string of the molecule is F/C(=C\c1ccc(Oc2ccccc2)c(C(F)(F)F)c1N1CCOC2(CCN(CC3CC3)CC2)C1)c1cccc(-c2ccnnc2)n1. The molecule has 0 amide bonds. The molecule has 7 rings (SSSR count). The molecule has 1 saturated carbocycles. The Morgan fingerprint density at radius 3 is 2.49 bits per heavy atom. The quantitative estimate of drug-likeness (QED) is 0.181. The number of anilines is 1. The summed E-state index contributed by atoms with van der Waals surface area (Å²) < 4.78 is 73.8. The second kappa shape index (κ2) is 13.0. The van der Waals surface area contributed by atoms with Crippen LogP contribution in [0, 0.1) is 5.92 Å². The number of morpholine rings is 1. The predicted octanol–water partition coefficient (Wildman–Crippen LogP) is 7.90. The molecule has 3 fully saturated rings. The van der Waals surface area contributed by atoms with Gasteiger partial charge in [0.2, 0.25) is 0 Å². The molecular formula is C36H35F4N5O2. The van der Waals surface area contributed by atoms with Gasteiger partial charge in [-0.3, -0.25) is 0 Å². The van der Waals surface area contributed by atoms with Gasteiger partial charge in [0.1, 0.15) is 22.9 Å². The molecule has 7 nitrogen and oxygen atoms in total. The molecule has 0 N–H and O–H groups in total. The van der Waals surface area contributed by atoms with Crippen molar-refractivity contribution in [3.05, 3.63) is 95.9 Å². The number of likely N-dealkylation sites (tertiary alicyclic amines) is 1. The van der Waals surface area contributed by atoms with Crippen LogP contribution >= 0.6 is 0 Å². The van der Waals surface area contributed by atoms with E-state index in [0.29, 0.717) is 11.3 Å². The van der Waals surface area contributed by atoms with Crippen molar-refractivity contribution in [3.63, 3.8) is 0 Å². The third-order valence-corrected chi connectivity index (χ3v) is 9.13. The van der Waals surface area contributed by atoms with Crippen LogP contribution in [0.5, 0.6) is 11.5 Å². The standard InChI is InChI=1S/C36H35F4N5O2/c37-29(31-8-4-7-30(43-31)27-13-16-41-42-22-27)21-26-11-12-32(47-28-5-2-1-3-6-28)33(36(38,39)40)34(26)45-19-20-46-35(24-45)14-17-44(18-15-35)23-25-9-10-25/h1-8,11-13,16,21-22,25H,9-10,14-15,17-20,23-24H2/b29-21-. The van der Waals surface area contributed by atoms with Crippen LogP contribution in [0.2, 0.25) is 0 Å². The first-order valence-electron chi connectivity index (χ1n) is 16.0. The monoisotopic (exact) mass is 645 g/mol. The molecule has 0 unspecified atom stereocenters. The Morgan fingerprint density at radius 1 is 0.957 bits per heavy atom. The first kappa shape index (κ1) is 31.3. The largest absolute Gasteiger partial charge is 0.457 e. The number of pyridine rings is 1. The van der Waals surface area contributed by atoms with E-state index >= 15 is 17.6 Å². The molecule has 2 aliphatic heterocycles. The Morgan fingerprint density at radius 2 is 1.77 bits per heavy atom. The Hall–Kier alpha value is -4.35. The molecule has 2 aromatic heterocycles. The van der Waals surface area contributed by atoms with Crippen molar-refractivity contribution in [2.75, 3.05) is 44.2 Å². The molecular weight excluding hydrogens is 610 g/mol. The molecule has 0 radical (unpaired) electrons. The van der Waals surface area contributed by atoms with Gasteiger partial charge in [-0.05, 0) is 80.1 Å². The van der Waals surface area contributed by atoms with E-state index < -0.39 is 23.2 Å². The topological polar surface area (TPSA) is 63.6 Å². The van der Waals surface area contributed by atoms with Crippen LogP contribution in [-0.4, -0.2) is 65.0 Å². The number of alkyl halides is 3. The molecule has 244 valence electrons. The van der Waals surface area contributed by atoms with E-state index in [9.17, 15) is 0 Å². The molecule has 2 saturated heterocycles. The number of hydrogen-bond acceptors (Lipinski definition) is 7. The van der Waals surface area contributed by atoms with Gasteiger partial charge >= 0.3 is 6.18 Å². The summed E-state index contributed by atoms with van der Waals surface area (Å²) in [4.78, 5) is 8.58. The molecule has 2 aromatic carbocycles. The summed E-state index contributed by atoms with van der Waals surface area (Å²) in [6, 6.07) is 17.6. The smallest absolute Gasteiger partial charge is 0.422 e. The number of piperidine rings is 1. The lowest BCUT2D eigenvalue weighted by Gasteiger charge is -2.48. The van der Waals surface area contributed by atoms with Gasteiger partial charge in [0, 0.05) is 43.9 Å². The fourth-order valence-electron chi connectivity index (χ4n) is 6.55. The van der Waals surface area contributed by atoms with Gasteiger partial charge in [-0.25, -0.2) is 9.37 Å². The number of nitrogens with zero attached hydrogens (tertiary/aromatic N) is 5. The van der Waals surface area contributed by atoms with Crippen molar-refractivity contribution in [1.29, 1.82) is 0 Å². The lowest BCUT2D eigenvalue weighted by atomic mass is 9.88. The average molecular weight is 646 g/mol. The van der Waals surface area contributed by atoms with Crippen LogP contribution in [-0.2, 0) is 10.9 Å². The fraction of sp³-hybridized carbons (Fsp3) is 0.361. The predicted molar refractivity (Wildman–Crippen MR) is 171 cm³/mol. The van der Waals surface area contributed by atoms with E-state index in [1.807, 2.05) is 0 Å². The third-order valence-electron chi connectivity index (χ3n) is 9.13. The summed E-state index contributed by atoms with van der Waals surface area (Å²) in [7, 11) is 0. The van der Waals surface area contributed by atoms with Crippen molar-refractivity contribution in [2.24, 2.45) is 5.92 Å². The van der Waals surface area contributed by atoms with Crippen molar-refractivity contribution in [1.82, 2.24) is 20.1 Å². The third kappa shape index (κ3) is 7.16. The van der Waals surface area contributed by atoms with Crippen LogP contribution < -0.4 is 9.64 Å². The van der Waals surface area contributed by atoms with E-state index in [2.05, 4.69) is 20.1 Å². The lowest BCUT2D eigenvalue weighted by Crippen LogP contribution is -2.57. The summed E-state index contributed by atoms with van der Waals surface area (Å²) >= 11 is 0. The molecule has 1 spiro atoms.